The molecule has 1 N–H and O–H groups in total. The van der Waals surface area contributed by atoms with E-state index in [1.165, 1.54) is 23.1 Å². The van der Waals surface area contributed by atoms with Gasteiger partial charge in [0.2, 0.25) is 5.91 Å². The van der Waals surface area contributed by atoms with E-state index in [1.54, 1.807) is 6.92 Å². The van der Waals surface area contributed by atoms with Crippen LogP contribution in [0.25, 0.3) is 0 Å². The normalized spacial score (nSPS) is 11.8. The molecule has 3 rings (SSSR count). The Labute approximate surface area is 184 Å². The van der Waals surface area contributed by atoms with Gasteiger partial charge in [0.15, 0.2) is 4.34 Å². The van der Waals surface area contributed by atoms with Crippen molar-refractivity contribution in [3.8, 4) is 0 Å². The number of amides is 1. The molecule has 1 atom stereocenters. The first-order valence-corrected chi connectivity index (χ1v) is 11.5. The van der Waals surface area contributed by atoms with Gasteiger partial charge in [-0.2, -0.15) is 0 Å². The van der Waals surface area contributed by atoms with Crippen LogP contribution in [0, 0.1) is 0 Å². The minimum absolute atomic E-state index is 0.0696. The number of nitrogens with one attached hydrogen (secondary N) is 1. The lowest BCUT2D eigenvalue weighted by atomic mass is 9.98. The van der Waals surface area contributed by atoms with Crippen LogP contribution in [0.3, 0.4) is 0 Å². The van der Waals surface area contributed by atoms with E-state index in [1.807, 2.05) is 73.0 Å². The number of esters is 1. The smallest absolute Gasteiger partial charge is 0.311 e. The number of ether oxygens (including phenoxy) is 1. The second kappa shape index (κ2) is 10.9. The Morgan fingerprint density at radius 3 is 2.23 bits per heavy atom. The van der Waals surface area contributed by atoms with Gasteiger partial charge in [-0.3, -0.25) is 9.59 Å². The second-order valence-electron chi connectivity index (χ2n) is 6.61. The summed E-state index contributed by atoms with van der Waals surface area (Å²) in [6.45, 7) is 3.99. The van der Waals surface area contributed by atoms with Crippen LogP contribution in [0.15, 0.2) is 70.4 Å². The van der Waals surface area contributed by atoms with Crippen molar-refractivity contribution in [2.24, 2.45) is 0 Å². The summed E-state index contributed by atoms with van der Waals surface area (Å²) in [4.78, 5) is 29.0. The second-order valence-corrected chi connectivity index (χ2v) is 9.06. The van der Waals surface area contributed by atoms with Gasteiger partial charge in [0, 0.05) is 5.38 Å². The first kappa shape index (κ1) is 22.1. The van der Waals surface area contributed by atoms with Gasteiger partial charge in [-0.05, 0) is 25.0 Å². The van der Waals surface area contributed by atoms with Crippen LogP contribution in [0.2, 0.25) is 0 Å². The first-order valence-electron chi connectivity index (χ1n) is 9.73. The fourth-order valence-electron chi connectivity index (χ4n) is 2.90. The average Bonchev–Trinajstić information content (AvgIpc) is 3.19. The van der Waals surface area contributed by atoms with E-state index >= 15 is 0 Å². The number of carbonyl (C=O) groups excluding carboxylic acids is 2. The van der Waals surface area contributed by atoms with Crippen molar-refractivity contribution in [2.45, 2.75) is 35.9 Å². The van der Waals surface area contributed by atoms with Crippen LogP contribution in [0.5, 0.6) is 0 Å². The molecule has 0 spiro atoms. The molecule has 1 heterocycles. The van der Waals surface area contributed by atoms with E-state index in [4.69, 9.17) is 4.74 Å². The maximum atomic E-state index is 12.9. The number of aromatic nitrogens is 1. The molecule has 156 valence electrons. The maximum absolute atomic E-state index is 12.9. The molecule has 30 heavy (non-hydrogen) atoms. The predicted octanol–water partition coefficient (Wildman–Crippen LogP) is 4.64. The van der Waals surface area contributed by atoms with Crippen LogP contribution in [-0.2, 0) is 20.7 Å². The van der Waals surface area contributed by atoms with Crippen molar-refractivity contribution in [2.75, 3.05) is 6.61 Å². The third-order valence-corrected chi connectivity index (χ3v) is 6.48. The van der Waals surface area contributed by atoms with E-state index in [9.17, 15) is 9.59 Å². The zero-order valence-electron chi connectivity index (χ0n) is 16.9. The summed E-state index contributed by atoms with van der Waals surface area (Å²) in [5, 5.41) is 4.67. The summed E-state index contributed by atoms with van der Waals surface area (Å²) >= 11 is 2.82. The molecule has 0 saturated heterocycles. The summed E-state index contributed by atoms with van der Waals surface area (Å²) in [6.07, 6.45) is 0.148. The van der Waals surface area contributed by atoms with E-state index in [0.29, 0.717) is 12.3 Å². The largest absolute Gasteiger partial charge is 0.466 e. The van der Waals surface area contributed by atoms with Crippen molar-refractivity contribution >= 4 is 35.0 Å². The molecular weight excluding hydrogens is 416 g/mol. The topological polar surface area (TPSA) is 68.3 Å². The van der Waals surface area contributed by atoms with Gasteiger partial charge in [0.25, 0.3) is 0 Å². The highest BCUT2D eigenvalue weighted by atomic mass is 32.2. The quantitative estimate of drug-likeness (QED) is 0.388. The summed E-state index contributed by atoms with van der Waals surface area (Å²) in [6, 6.07) is 19.6. The summed E-state index contributed by atoms with van der Waals surface area (Å²) in [7, 11) is 0. The molecule has 0 fully saturated rings. The third kappa shape index (κ3) is 6.18. The standard InChI is InChI=1S/C23H24N2O3S2/c1-3-28-20(26)14-19-15-29-23(24-19)30-16(2)22(27)25-21(17-10-6-4-7-11-17)18-12-8-5-9-13-18/h4-13,15-16,21H,3,14H2,1-2H3,(H,25,27). The Kier molecular flexibility index (Phi) is 8.04. The summed E-state index contributed by atoms with van der Waals surface area (Å²) in [5.74, 6) is -0.362. The van der Waals surface area contributed by atoms with Gasteiger partial charge >= 0.3 is 5.97 Å². The molecule has 1 aromatic heterocycles. The Balaban J connectivity index is 1.66. The van der Waals surface area contributed by atoms with Gasteiger partial charge < -0.3 is 10.1 Å². The number of hydrogen-bond acceptors (Lipinski definition) is 6. The van der Waals surface area contributed by atoms with Crippen LogP contribution >= 0.6 is 23.1 Å². The molecule has 0 radical (unpaired) electrons. The van der Waals surface area contributed by atoms with Crippen LogP contribution in [0.1, 0.15) is 36.7 Å². The average molecular weight is 441 g/mol. The molecule has 0 aliphatic rings. The van der Waals surface area contributed by atoms with Crippen LogP contribution in [-0.4, -0.2) is 28.7 Å². The molecule has 0 aliphatic heterocycles. The Bertz CT molecular complexity index is 921. The lowest BCUT2D eigenvalue weighted by Gasteiger charge is -2.21. The lowest BCUT2D eigenvalue weighted by Crippen LogP contribution is -2.34. The zero-order valence-corrected chi connectivity index (χ0v) is 18.5. The van der Waals surface area contributed by atoms with Gasteiger partial charge in [-0.1, -0.05) is 72.4 Å². The van der Waals surface area contributed by atoms with Crippen molar-refractivity contribution < 1.29 is 14.3 Å². The van der Waals surface area contributed by atoms with Gasteiger partial charge in [0.1, 0.15) is 0 Å². The molecule has 1 amide bonds. The number of nitrogens with zero attached hydrogens (tertiary/aromatic N) is 1. The molecule has 7 heteroatoms. The molecule has 0 saturated carbocycles. The van der Waals surface area contributed by atoms with E-state index in [2.05, 4.69) is 10.3 Å². The van der Waals surface area contributed by atoms with Gasteiger partial charge in [-0.25, -0.2) is 4.98 Å². The molecular formula is C23H24N2O3S2. The number of carbonyl (C=O) groups is 2. The highest BCUT2D eigenvalue weighted by Gasteiger charge is 2.22. The van der Waals surface area contributed by atoms with E-state index < -0.39 is 0 Å². The van der Waals surface area contributed by atoms with Crippen molar-refractivity contribution in [1.82, 2.24) is 10.3 Å². The number of benzene rings is 2. The van der Waals surface area contributed by atoms with Crippen LogP contribution in [0.4, 0.5) is 0 Å². The molecule has 0 aliphatic carbocycles. The van der Waals surface area contributed by atoms with Crippen molar-refractivity contribution in [3.05, 3.63) is 82.9 Å². The summed E-state index contributed by atoms with van der Waals surface area (Å²) in [5.41, 5.74) is 2.72. The Morgan fingerprint density at radius 1 is 1.07 bits per heavy atom. The van der Waals surface area contributed by atoms with E-state index in [-0.39, 0.29) is 29.6 Å². The molecule has 3 aromatic rings. The molecule has 0 bridgehead atoms. The number of hydrogen-bond donors (Lipinski definition) is 1. The number of thiazole rings is 1. The maximum Gasteiger partial charge on any atom is 0.311 e. The molecule has 5 nitrogen and oxygen atoms in total. The summed E-state index contributed by atoms with van der Waals surface area (Å²) < 4.78 is 5.71. The highest BCUT2D eigenvalue weighted by molar-refractivity contribution is 8.02. The van der Waals surface area contributed by atoms with Gasteiger partial charge in [-0.15, -0.1) is 11.3 Å². The van der Waals surface area contributed by atoms with Crippen molar-refractivity contribution in [1.29, 1.82) is 0 Å². The van der Waals surface area contributed by atoms with Crippen molar-refractivity contribution in [3.63, 3.8) is 0 Å². The minimum atomic E-state index is -0.332. The SMILES string of the molecule is CCOC(=O)Cc1csc(SC(C)C(=O)NC(c2ccccc2)c2ccccc2)n1. The Morgan fingerprint density at radius 2 is 1.67 bits per heavy atom. The number of thioether (sulfide) groups is 1. The Hall–Kier alpha value is -2.64. The molecule has 1 unspecified atom stereocenters. The monoisotopic (exact) mass is 440 g/mol. The predicted molar refractivity (Wildman–Crippen MR) is 121 cm³/mol. The minimum Gasteiger partial charge on any atom is -0.466 e. The van der Waals surface area contributed by atoms with Gasteiger partial charge in [0.05, 0.1) is 30.0 Å². The van der Waals surface area contributed by atoms with Crippen LogP contribution < -0.4 is 5.32 Å². The fourth-order valence-corrected chi connectivity index (χ4v) is 4.89. The fraction of sp³-hybridized carbons (Fsp3) is 0.261. The molecule has 2 aromatic carbocycles. The number of rotatable bonds is 9. The zero-order chi connectivity index (χ0) is 21.3. The lowest BCUT2D eigenvalue weighted by molar-refractivity contribution is -0.142. The highest BCUT2D eigenvalue weighted by Crippen LogP contribution is 2.28. The van der Waals surface area contributed by atoms with E-state index in [0.717, 1.165) is 15.5 Å². The third-order valence-electron chi connectivity index (χ3n) is 4.36. The first-order chi connectivity index (χ1) is 14.6.